The normalized spacial score (nSPS) is 15.5. The molecule has 0 N–H and O–H groups in total. The van der Waals surface area contributed by atoms with Gasteiger partial charge in [-0.25, -0.2) is 16.8 Å². The van der Waals surface area contributed by atoms with Crippen molar-refractivity contribution in [2.24, 2.45) is 0 Å². The van der Waals surface area contributed by atoms with Gasteiger partial charge < -0.3 is 0 Å². The molecule has 0 heterocycles. The predicted octanol–water partition coefficient (Wildman–Crippen LogP) is 4.76. The first-order valence-electron chi connectivity index (χ1n) is 7.78. The topological polar surface area (TPSA) is 68.3 Å². The van der Waals surface area contributed by atoms with Crippen LogP contribution in [0.4, 0.5) is 26.3 Å². The maximum Gasteiger partial charge on any atom is 0.498 e. The van der Waals surface area contributed by atoms with Gasteiger partial charge in [0.15, 0.2) is 0 Å². The molecule has 1 aromatic rings. The van der Waals surface area contributed by atoms with E-state index in [1.54, 1.807) is 0 Å². The van der Waals surface area contributed by atoms with Crippen molar-refractivity contribution in [3.8, 4) is 0 Å². The Morgan fingerprint density at radius 1 is 0.714 bits per heavy atom. The lowest BCUT2D eigenvalue weighted by Crippen LogP contribution is -2.69. The van der Waals surface area contributed by atoms with Gasteiger partial charge in [-0.1, -0.05) is 64.2 Å². The summed E-state index contributed by atoms with van der Waals surface area (Å²) in [5, 5.41) is -1.49. The second-order valence-electron chi connectivity index (χ2n) is 7.76. The van der Waals surface area contributed by atoms with Gasteiger partial charge in [0.1, 0.15) is 8.07 Å². The molecule has 1 aromatic carbocycles. The van der Waals surface area contributed by atoms with Gasteiger partial charge in [-0.15, -0.1) is 0 Å². The van der Waals surface area contributed by atoms with E-state index in [4.69, 9.17) is 0 Å². The smallest absolute Gasteiger partial charge is 0.218 e. The Morgan fingerprint density at radius 3 is 1.29 bits per heavy atom. The van der Waals surface area contributed by atoms with Crippen molar-refractivity contribution in [3.05, 3.63) is 35.9 Å². The molecule has 0 amide bonds. The molecule has 1 rings (SSSR count). The van der Waals surface area contributed by atoms with Gasteiger partial charge in [-0.3, -0.25) is 0 Å². The second-order valence-corrected chi connectivity index (χ2v) is 18.4. The summed E-state index contributed by atoms with van der Waals surface area (Å²) in [7, 11) is -18.3. The third-order valence-electron chi connectivity index (χ3n) is 5.22. The quantitative estimate of drug-likeness (QED) is 0.470. The summed E-state index contributed by atoms with van der Waals surface area (Å²) in [6.45, 7) is 5.51. The van der Waals surface area contributed by atoms with E-state index in [2.05, 4.69) is 0 Å². The summed E-state index contributed by atoms with van der Waals surface area (Å²) < 4.78 is 128. The molecule has 28 heavy (non-hydrogen) atoms. The van der Waals surface area contributed by atoms with Crippen LogP contribution in [0.1, 0.15) is 26.3 Å². The van der Waals surface area contributed by atoms with E-state index >= 15 is 0 Å². The summed E-state index contributed by atoms with van der Waals surface area (Å²) >= 11 is 0. The van der Waals surface area contributed by atoms with E-state index in [0.29, 0.717) is 12.1 Å². The van der Waals surface area contributed by atoms with Crippen LogP contribution in [0, 0.1) is 0 Å². The van der Waals surface area contributed by atoms with Crippen LogP contribution in [0.3, 0.4) is 0 Å². The van der Waals surface area contributed by atoms with Gasteiger partial charge >= 0.3 is 11.0 Å². The number of rotatable bonds is 4. The molecule has 0 spiro atoms. The highest BCUT2D eigenvalue weighted by Crippen LogP contribution is 2.60. The minimum atomic E-state index is -6.88. The number of hydrogen-bond acceptors (Lipinski definition) is 4. The number of sulfone groups is 2. The van der Waals surface area contributed by atoms with Gasteiger partial charge in [-0.05, 0) is 10.6 Å². The lowest BCUT2D eigenvalue weighted by molar-refractivity contribution is -0.0482. The average molecular weight is 471 g/mol. The zero-order valence-corrected chi connectivity index (χ0v) is 18.2. The van der Waals surface area contributed by atoms with Gasteiger partial charge in [0.2, 0.25) is 3.70 Å². The summed E-state index contributed by atoms with van der Waals surface area (Å²) in [4.78, 5) is 0. The molecule has 4 nitrogen and oxygen atoms in total. The first kappa shape index (κ1) is 25.0. The zero-order valence-electron chi connectivity index (χ0n) is 15.6. The van der Waals surface area contributed by atoms with Crippen LogP contribution >= 0.6 is 0 Å². The average Bonchev–Trinajstić information content (AvgIpc) is 2.44. The Balaban J connectivity index is 4.53. The molecule has 0 bridgehead atoms. The Labute approximate surface area is 160 Å². The number of hydrogen-bond donors (Lipinski definition) is 0. The van der Waals surface area contributed by atoms with Crippen molar-refractivity contribution in [2.45, 2.75) is 53.6 Å². The van der Waals surface area contributed by atoms with Gasteiger partial charge in [0.05, 0.1) is 0 Å². The lowest BCUT2D eigenvalue weighted by atomic mass is 10.2. The van der Waals surface area contributed by atoms with E-state index < -0.39 is 53.1 Å². The third kappa shape index (κ3) is 3.18. The first-order valence-corrected chi connectivity index (χ1v) is 13.7. The fourth-order valence-corrected chi connectivity index (χ4v) is 16.0. The standard InChI is InChI=1S/C15H20F6O4S2Si/c1-12(2,3)28(4,5)13(11-9-7-6-8-10-11,26(22,23)14(16,17)18)27(24,25)15(19,20)21/h6-10H,1-5H3. The largest absolute Gasteiger partial charge is 0.498 e. The molecular formula is C15H20F6O4S2Si. The highest BCUT2D eigenvalue weighted by Gasteiger charge is 2.80. The highest BCUT2D eigenvalue weighted by molar-refractivity contribution is 8.13. The van der Waals surface area contributed by atoms with Crippen LogP contribution in [-0.4, -0.2) is 35.9 Å². The van der Waals surface area contributed by atoms with Crippen molar-refractivity contribution in [2.75, 3.05) is 0 Å². The van der Waals surface area contributed by atoms with E-state index in [9.17, 15) is 43.2 Å². The van der Waals surface area contributed by atoms with Crippen molar-refractivity contribution in [1.82, 2.24) is 0 Å². The van der Waals surface area contributed by atoms with E-state index in [1.165, 1.54) is 26.8 Å². The van der Waals surface area contributed by atoms with E-state index in [1.807, 2.05) is 0 Å². The van der Waals surface area contributed by atoms with Gasteiger partial charge in [-0.2, -0.15) is 26.3 Å². The molecule has 162 valence electrons. The molecule has 0 fully saturated rings. The van der Waals surface area contributed by atoms with Crippen LogP contribution in [-0.2, 0) is 23.4 Å². The Morgan fingerprint density at radius 2 is 1.04 bits per heavy atom. The molecule has 0 aromatic heterocycles. The molecular weight excluding hydrogens is 450 g/mol. The Hall–Kier alpha value is -1.08. The monoisotopic (exact) mass is 470 g/mol. The van der Waals surface area contributed by atoms with Crippen LogP contribution in [0.5, 0.6) is 0 Å². The van der Waals surface area contributed by atoms with Crippen molar-refractivity contribution < 1.29 is 43.2 Å². The number of halogens is 6. The van der Waals surface area contributed by atoms with Crippen LogP contribution in [0.25, 0.3) is 0 Å². The molecule has 0 aliphatic carbocycles. The minimum Gasteiger partial charge on any atom is -0.218 e. The van der Waals surface area contributed by atoms with Crippen LogP contribution in [0.15, 0.2) is 30.3 Å². The summed E-state index contributed by atoms with van der Waals surface area (Å²) in [6, 6.07) is 4.56. The Bertz CT molecular complexity index is 883. The molecule has 0 unspecified atom stereocenters. The molecule has 13 heteroatoms. The Kier molecular flexibility index (Phi) is 5.99. The molecule has 0 atom stereocenters. The first-order chi connectivity index (χ1) is 12.1. The fourth-order valence-electron chi connectivity index (χ4n) is 2.96. The summed E-state index contributed by atoms with van der Waals surface area (Å²) in [5.41, 5.74) is -13.6. The molecule has 0 saturated carbocycles. The maximum atomic E-state index is 13.7. The van der Waals surface area contributed by atoms with Crippen molar-refractivity contribution in [3.63, 3.8) is 0 Å². The zero-order chi connectivity index (χ0) is 22.6. The lowest BCUT2D eigenvalue weighted by Gasteiger charge is -2.50. The van der Waals surface area contributed by atoms with Gasteiger partial charge in [0.25, 0.3) is 19.7 Å². The molecule has 0 saturated heterocycles. The number of benzene rings is 1. The SMILES string of the molecule is CC(C)(C)[Si](C)(C)C(c1ccccc1)(S(=O)(=O)C(F)(F)F)S(=O)(=O)C(F)(F)F. The predicted molar refractivity (Wildman–Crippen MR) is 95.3 cm³/mol. The molecule has 0 aliphatic heterocycles. The summed E-state index contributed by atoms with van der Waals surface area (Å²) in [5.74, 6) is 0. The van der Waals surface area contributed by atoms with E-state index in [-0.39, 0.29) is 0 Å². The number of alkyl halides is 6. The third-order valence-corrected chi connectivity index (χ3v) is 20.1. The highest BCUT2D eigenvalue weighted by atomic mass is 32.3. The molecule has 0 aliphatic rings. The minimum absolute atomic E-state index is 0.674. The fraction of sp³-hybridized carbons (Fsp3) is 0.600. The van der Waals surface area contributed by atoms with Gasteiger partial charge in [0, 0.05) is 0 Å². The molecule has 0 radical (unpaired) electrons. The van der Waals surface area contributed by atoms with Crippen molar-refractivity contribution >= 4 is 27.7 Å². The maximum absolute atomic E-state index is 13.7. The van der Waals surface area contributed by atoms with Crippen molar-refractivity contribution in [1.29, 1.82) is 0 Å². The summed E-state index contributed by atoms with van der Waals surface area (Å²) in [6.07, 6.45) is 0. The second kappa shape index (κ2) is 6.72. The van der Waals surface area contributed by atoms with Crippen LogP contribution in [0.2, 0.25) is 18.1 Å². The van der Waals surface area contributed by atoms with Crippen LogP contribution < -0.4 is 0 Å². The van der Waals surface area contributed by atoms with E-state index in [0.717, 1.165) is 25.2 Å².